The summed E-state index contributed by atoms with van der Waals surface area (Å²) in [5.74, 6) is 0.0476. The normalized spacial score (nSPS) is 11.7. The van der Waals surface area contributed by atoms with Gasteiger partial charge in [0.15, 0.2) is 0 Å². The van der Waals surface area contributed by atoms with E-state index >= 15 is 0 Å². The average molecular weight is 509 g/mol. The van der Waals surface area contributed by atoms with Gasteiger partial charge in [-0.3, -0.25) is 9.59 Å². The van der Waals surface area contributed by atoms with Gasteiger partial charge in [-0.1, -0.05) is 92.7 Å². The van der Waals surface area contributed by atoms with Crippen molar-refractivity contribution < 1.29 is 9.59 Å². The van der Waals surface area contributed by atoms with E-state index in [1.807, 2.05) is 113 Å². The lowest BCUT2D eigenvalue weighted by Gasteiger charge is -2.26. The Kier molecular flexibility index (Phi) is 8.74. The monoisotopic (exact) mass is 508 g/mol. The number of nitrogens with zero attached hydrogens (tertiary/aromatic N) is 3. The Bertz CT molecular complexity index is 1380. The Hall–Kier alpha value is -4.19. The summed E-state index contributed by atoms with van der Waals surface area (Å²) in [6, 6.07) is 27.7. The van der Waals surface area contributed by atoms with E-state index < -0.39 is 0 Å². The minimum Gasteiger partial charge on any atom is -0.333 e. The van der Waals surface area contributed by atoms with Gasteiger partial charge in [0.2, 0.25) is 11.8 Å². The second-order valence-corrected chi connectivity index (χ2v) is 9.55. The van der Waals surface area contributed by atoms with Gasteiger partial charge in [0.1, 0.15) is 5.82 Å². The van der Waals surface area contributed by atoms with E-state index in [1.165, 1.54) is 0 Å². The van der Waals surface area contributed by atoms with Crippen LogP contribution in [0.3, 0.4) is 0 Å². The van der Waals surface area contributed by atoms with Crippen LogP contribution in [-0.4, -0.2) is 39.6 Å². The minimum absolute atomic E-state index is 0.0254. The number of aryl methyl sites for hydroxylation is 2. The van der Waals surface area contributed by atoms with Crippen LogP contribution in [0, 0.1) is 13.8 Å². The third-order valence-corrected chi connectivity index (χ3v) is 6.77. The summed E-state index contributed by atoms with van der Waals surface area (Å²) in [5, 5.41) is 7.96. The number of anilines is 1. The Morgan fingerprint density at radius 2 is 1.53 bits per heavy atom. The third-order valence-electron chi connectivity index (χ3n) is 6.77. The SMILES string of the molecule is CCCN(CC(=O)Nc1c(-c2ccccc2)c(C)nn1-c1ccccc1C)C(=O)C(CC)c1ccccc1. The van der Waals surface area contributed by atoms with Gasteiger partial charge in [0.05, 0.1) is 23.8 Å². The smallest absolute Gasteiger partial charge is 0.245 e. The van der Waals surface area contributed by atoms with Crippen molar-refractivity contribution in [2.45, 2.75) is 46.5 Å². The first kappa shape index (κ1) is 26.9. The molecule has 0 aliphatic heterocycles. The second-order valence-electron chi connectivity index (χ2n) is 9.55. The average Bonchev–Trinajstić information content (AvgIpc) is 3.25. The fourth-order valence-corrected chi connectivity index (χ4v) is 4.91. The highest BCUT2D eigenvalue weighted by Crippen LogP contribution is 2.34. The van der Waals surface area contributed by atoms with Crippen molar-refractivity contribution in [3.05, 3.63) is 102 Å². The molecule has 1 heterocycles. The summed E-state index contributed by atoms with van der Waals surface area (Å²) in [6.45, 7) is 8.49. The van der Waals surface area contributed by atoms with Crippen LogP contribution in [0.1, 0.15) is 49.4 Å². The molecule has 0 saturated heterocycles. The maximum absolute atomic E-state index is 13.6. The van der Waals surface area contributed by atoms with Crippen LogP contribution in [0.2, 0.25) is 0 Å². The van der Waals surface area contributed by atoms with E-state index in [0.717, 1.165) is 40.1 Å². The number of amides is 2. The molecule has 0 saturated carbocycles. The fourth-order valence-electron chi connectivity index (χ4n) is 4.91. The van der Waals surface area contributed by atoms with Crippen molar-refractivity contribution in [3.8, 4) is 16.8 Å². The second kappa shape index (κ2) is 12.4. The molecule has 1 aromatic heterocycles. The number of carbonyl (C=O) groups excluding carboxylic acids is 2. The Balaban J connectivity index is 1.67. The highest BCUT2D eigenvalue weighted by Gasteiger charge is 2.27. The van der Waals surface area contributed by atoms with Crippen LogP contribution < -0.4 is 5.32 Å². The van der Waals surface area contributed by atoms with Crippen LogP contribution in [-0.2, 0) is 9.59 Å². The Morgan fingerprint density at radius 3 is 2.16 bits per heavy atom. The first-order valence-electron chi connectivity index (χ1n) is 13.3. The first-order valence-corrected chi connectivity index (χ1v) is 13.3. The van der Waals surface area contributed by atoms with E-state index in [0.29, 0.717) is 18.8 Å². The zero-order valence-corrected chi connectivity index (χ0v) is 22.6. The van der Waals surface area contributed by atoms with Gasteiger partial charge < -0.3 is 10.2 Å². The standard InChI is InChI=1S/C32H36N4O2/c1-5-21-35(32(38)27(6-2)25-16-9-7-10-17-25)22-29(37)33-31-30(26-18-11-8-12-19-26)24(4)34-36(31)28-20-14-13-15-23(28)3/h7-20,27H,5-6,21-22H2,1-4H3,(H,33,37). The van der Waals surface area contributed by atoms with E-state index in [2.05, 4.69) is 5.32 Å². The summed E-state index contributed by atoms with van der Waals surface area (Å²) in [7, 11) is 0. The molecular weight excluding hydrogens is 472 g/mol. The minimum atomic E-state index is -0.282. The van der Waals surface area contributed by atoms with E-state index in [1.54, 1.807) is 9.58 Å². The van der Waals surface area contributed by atoms with E-state index in [-0.39, 0.29) is 24.3 Å². The van der Waals surface area contributed by atoms with Crippen LogP contribution >= 0.6 is 0 Å². The number of para-hydroxylation sites is 1. The van der Waals surface area contributed by atoms with Crippen molar-refractivity contribution in [1.29, 1.82) is 0 Å². The van der Waals surface area contributed by atoms with Crippen molar-refractivity contribution in [2.24, 2.45) is 0 Å². The molecule has 4 rings (SSSR count). The van der Waals surface area contributed by atoms with Gasteiger partial charge in [0.25, 0.3) is 0 Å². The topological polar surface area (TPSA) is 67.2 Å². The molecule has 3 aromatic carbocycles. The molecule has 1 atom stereocenters. The maximum Gasteiger partial charge on any atom is 0.245 e. The van der Waals surface area contributed by atoms with E-state index in [4.69, 9.17) is 5.10 Å². The van der Waals surface area contributed by atoms with Crippen molar-refractivity contribution in [1.82, 2.24) is 14.7 Å². The predicted molar refractivity (Wildman–Crippen MR) is 153 cm³/mol. The number of aromatic nitrogens is 2. The molecule has 4 aromatic rings. The van der Waals surface area contributed by atoms with Crippen molar-refractivity contribution in [2.75, 3.05) is 18.4 Å². The molecule has 0 aliphatic rings. The summed E-state index contributed by atoms with van der Waals surface area (Å²) < 4.78 is 1.80. The molecule has 0 spiro atoms. The van der Waals surface area contributed by atoms with Gasteiger partial charge in [-0.05, 0) is 49.4 Å². The number of rotatable bonds is 10. The maximum atomic E-state index is 13.6. The summed E-state index contributed by atoms with van der Waals surface area (Å²) in [4.78, 5) is 28.9. The van der Waals surface area contributed by atoms with Gasteiger partial charge in [-0.25, -0.2) is 4.68 Å². The molecular formula is C32H36N4O2. The number of nitrogens with one attached hydrogen (secondary N) is 1. The van der Waals surface area contributed by atoms with E-state index in [9.17, 15) is 9.59 Å². The molecule has 2 amide bonds. The zero-order valence-electron chi connectivity index (χ0n) is 22.6. The lowest BCUT2D eigenvalue weighted by molar-refractivity contribution is -0.136. The van der Waals surface area contributed by atoms with Gasteiger partial charge in [-0.2, -0.15) is 5.10 Å². The summed E-state index contributed by atoms with van der Waals surface area (Å²) in [6.07, 6.45) is 1.43. The summed E-state index contributed by atoms with van der Waals surface area (Å²) >= 11 is 0. The number of benzene rings is 3. The largest absolute Gasteiger partial charge is 0.333 e. The van der Waals surface area contributed by atoms with Crippen LogP contribution in [0.25, 0.3) is 16.8 Å². The lowest BCUT2D eigenvalue weighted by Crippen LogP contribution is -2.41. The summed E-state index contributed by atoms with van der Waals surface area (Å²) in [5.41, 5.74) is 5.56. The van der Waals surface area contributed by atoms with Crippen LogP contribution in [0.5, 0.6) is 0 Å². The fraction of sp³-hybridized carbons (Fsp3) is 0.281. The zero-order chi connectivity index (χ0) is 27.1. The Labute approximate surface area is 225 Å². The van der Waals surface area contributed by atoms with Gasteiger partial charge in [0, 0.05) is 12.1 Å². The van der Waals surface area contributed by atoms with Crippen LogP contribution in [0.15, 0.2) is 84.9 Å². The van der Waals surface area contributed by atoms with Crippen molar-refractivity contribution >= 4 is 17.6 Å². The molecule has 38 heavy (non-hydrogen) atoms. The highest BCUT2D eigenvalue weighted by atomic mass is 16.2. The molecule has 6 nitrogen and oxygen atoms in total. The van der Waals surface area contributed by atoms with Crippen molar-refractivity contribution in [3.63, 3.8) is 0 Å². The lowest BCUT2D eigenvalue weighted by atomic mass is 9.95. The first-order chi connectivity index (χ1) is 18.4. The number of hydrogen-bond donors (Lipinski definition) is 1. The van der Waals surface area contributed by atoms with Gasteiger partial charge >= 0.3 is 0 Å². The predicted octanol–water partition coefficient (Wildman–Crippen LogP) is 6.53. The molecule has 0 bridgehead atoms. The quantitative estimate of drug-likeness (QED) is 0.265. The molecule has 1 N–H and O–H groups in total. The molecule has 196 valence electrons. The molecule has 6 heteroatoms. The van der Waals surface area contributed by atoms with Gasteiger partial charge in [-0.15, -0.1) is 0 Å². The molecule has 0 fully saturated rings. The molecule has 0 aliphatic carbocycles. The molecule has 0 radical (unpaired) electrons. The highest BCUT2D eigenvalue weighted by molar-refractivity contribution is 5.98. The molecule has 1 unspecified atom stereocenters. The number of hydrogen-bond acceptors (Lipinski definition) is 3. The third kappa shape index (κ3) is 5.86. The number of carbonyl (C=O) groups is 2. The van der Waals surface area contributed by atoms with Crippen LogP contribution in [0.4, 0.5) is 5.82 Å². The Morgan fingerprint density at radius 1 is 0.895 bits per heavy atom.